The van der Waals surface area contributed by atoms with Crippen LogP contribution in [0.25, 0.3) is 0 Å². The zero-order valence-electron chi connectivity index (χ0n) is 2.21. The quantitative estimate of drug-likeness (QED) is 0.460. The molecule has 0 rings (SSSR count). The van der Waals surface area contributed by atoms with E-state index in [0.717, 1.165) is 0 Å². The van der Waals surface area contributed by atoms with Crippen molar-refractivity contribution in [1.82, 2.24) is 0 Å². The van der Waals surface area contributed by atoms with Gasteiger partial charge < -0.3 is 0 Å². The van der Waals surface area contributed by atoms with Crippen LogP contribution in [-0.2, 0) is 26.2 Å². The third kappa shape index (κ3) is 65.2. The maximum absolute atomic E-state index is 9.67. The molecule has 0 N–H and O–H groups in total. The molecule has 0 aliphatic carbocycles. The van der Waals surface area contributed by atoms with Gasteiger partial charge in [-0.25, -0.2) is 0 Å². The summed E-state index contributed by atoms with van der Waals surface area (Å²) in [6.07, 6.45) is 0. The van der Waals surface area contributed by atoms with E-state index in [2.05, 4.69) is 0 Å². The van der Waals surface area contributed by atoms with Crippen LogP contribution in [0.15, 0.2) is 0 Å². The van der Waals surface area contributed by atoms with Gasteiger partial charge in [0.15, 0.2) is 0 Å². The molecule has 5 heteroatoms. The summed E-state index contributed by atoms with van der Waals surface area (Å²) in [7, 11) is -3.67. The van der Waals surface area contributed by atoms with Crippen LogP contribution in [0.4, 0.5) is 12.9 Å². The molecule has 0 nitrogen and oxygen atoms in total. The van der Waals surface area contributed by atoms with Crippen molar-refractivity contribution < 1.29 is 39.2 Å². The first-order chi connectivity index (χ1) is 1.73. The molecule has 0 amide bonds. The number of hydrogen-bond acceptors (Lipinski definition) is 0. The van der Waals surface area contributed by atoms with Crippen LogP contribution in [0.5, 0.6) is 0 Å². The van der Waals surface area contributed by atoms with Crippen molar-refractivity contribution in [2.45, 2.75) is 0 Å². The molecule has 0 aromatic carbocycles. The van der Waals surface area contributed by atoms with Crippen LogP contribution in [0.3, 0.4) is 0 Å². The largest absolute Gasteiger partial charge is 0.762 e. The molecule has 0 saturated heterocycles. The Balaban J connectivity index is 0. The molecule has 28 valence electrons. The molecule has 0 radical (unpaired) electrons. The Hall–Kier alpha value is 0.738. The molecule has 5 heavy (non-hydrogen) atoms. The van der Waals surface area contributed by atoms with Gasteiger partial charge >= 0.3 is 7.54 Å². The fourth-order valence-electron chi connectivity index (χ4n) is 0. The summed E-state index contributed by atoms with van der Waals surface area (Å²) in [6.45, 7) is 0. The van der Waals surface area contributed by atoms with Crippen molar-refractivity contribution in [3.05, 3.63) is 0 Å². The van der Waals surface area contributed by atoms with E-state index in [1.165, 1.54) is 0 Å². The second-order valence-electron chi connectivity index (χ2n) is 0.247. The maximum atomic E-state index is 9.67. The molecule has 0 fully saturated rings. The summed E-state index contributed by atoms with van der Waals surface area (Å²) in [5, 5.41) is 0. The summed E-state index contributed by atoms with van der Waals surface area (Å²) in [6, 6.07) is 0. The average molecular weight is 159 g/mol. The average Bonchev–Trinajstić information content (AvgIpc) is 0.811. The van der Waals surface area contributed by atoms with Crippen LogP contribution in [0, 0.1) is 0 Å². The third-order valence-corrected chi connectivity index (χ3v) is 0. The normalized spacial score (nSPS) is 5.40. The van der Waals surface area contributed by atoms with Crippen LogP contribution in [0.1, 0.15) is 0 Å². The van der Waals surface area contributed by atoms with Crippen molar-refractivity contribution in [1.29, 1.82) is 0 Å². The molecular weight excluding hydrogens is 159 g/mol. The Morgan fingerprint density at radius 1 is 1.00 bits per heavy atom. The van der Waals surface area contributed by atoms with Crippen molar-refractivity contribution >= 4 is 7.54 Å². The Kier molecular flexibility index (Phi) is 8.74. The van der Waals surface area contributed by atoms with Gasteiger partial charge in [0, 0.05) is 26.2 Å². The van der Waals surface area contributed by atoms with Crippen LogP contribution < -0.4 is 0 Å². The first-order valence-electron chi connectivity index (χ1n) is 0.655. The third-order valence-electron chi connectivity index (χ3n) is 0. The first kappa shape index (κ1) is 9.22. The molecule has 0 bridgehead atoms. The van der Waals surface area contributed by atoms with Crippen molar-refractivity contribution in [2.24, 2.45) is 0 Å². The summed E-state index contributed by atoms with van der Waals surface area (Å²) in [5.74, 6) is 0. The Labute approximate surface area is 47.1 Å². The summed E-state index contributed by atoms with van der Waals surface area (Å²) in [5.41, 5.74) is 0. The molecule has 0 aliphatic rings. The molecule has 0 spiro atoms. The van der Waals surface area contributed by atoms with E-state index in [-0.39, 0.29) is 26.2 Å². The Bertz CT molecular complexity index is 11.6. The fraction of sp³-hybridized carbons (Fsp3) is 0. The van der Waals surface area contributed by atoms with E-state index >= 15 is 0 Å². The van der Waals surface area contributed by atoms with E-state index in [0.29, 0.717) is 0 Å². The van der Waals surface area contributed by atoms with E-state index in [1.807, 2.05) is 0 Å². The summed E-state index contributed by atoms with van der Waals surface area (Å²) in [4.78, 5) is 0. The van der Waals surface area contributed by atoms with Crippen molar-refractivity contribution in [3.8, 4) is 0 Å². The minimum absolute atomic E-state index is 0. The topological polar surface area (TPSA) is 0 Å². The van der Waals surface area contributed by atoms with Gasteiger partial charge in [-0.15, -0.1) is 0 Å². The standard InChI is InChI=1S/BF3.Zr/c2-1(3)4;. The van der Waals surface area contributed by atoms with Gasteiger partial charge in [-0.1, -0.05) is 0 Å². The van der Waals surface area contributed by atoms with E-state index < -0.39 is 7.54 Å². The summed E-state index contributed by atoms with van der Waals surface area (Å²) < 4.78 is 29.0. The molecule has 0 aliphatic heterocycles. The van der Waals surface area contributed by atoms with Gasteiger partial charge in [0.25, 0.3) is 0 Å². The van der Waals surface area contributed by atoms with Gasteiger partial charge in [-0.2, -0.15) is 0 Å². The smallest absolute Gasteiger partial charge is 0.254 e. The molecule has 0 atom stereocenters. The van der Waals surface area contributed by atoms with Crippen molar-refractivity contribution in [3.63, 3.8) is 0 Å². The van der Waals surface area contributed by atoms with Crippen molar-refractivity contribution in [2.75, 3.05) is 0 Å². The Morgan fingerprint density at radius 2 is 1.00 bits per heavy atom. The molecule has 0 unspecified atom stereocenters. The minimum Gasteiger partial charge on any atom is -0.254 e. The van der Waals surface area contributed by atoms with Gasteiger partial charge in [-0.05, 0) is 0 Å². The van der Waals surface area contributed by atoms with E-state index in [9.17, 15) is 12.9 Å². The van der Waals surface area contributed by atoms with Crippen LogP contribution >= 0.6 is 0 Å². The minimum atomic E-state index is -3.67. The Morgan fingerprint density at radius 3 is 1.00 bits per heavy atom. The van der Waals surface area contributed by atoms with Gasteiger partial charge in [0.2, 0.25) is 0 Å². The second kappa shape index (κ2) is 4.74. The van der Waals surface area contributed by atoms with Gasteiger partial charge in [0.1, 0.15) is 0 Å². The van der Waals surface area contributed by atoms with Crippen LogP contribution in [-0.4, -0.2) is 7.54 Å². The second-order valence-corrected chi connectivity index (χ2v) is 0.247. The zero-order valence-corrected chi connectivity index (χ0v) is 4.67. The SMILES string of the molecule is FB(F)F.[Zr]. The predicted octanol–water partition coefficient (Wildman–Crippen LogP) is 0.877. The first-order valence-corrected chi connectivity index (χ1v) is 0.655. The molecule has 0 aromatic rings. The molecule has 0 heterocycles. The van der Waals surface area contributed by atoms with E-state index in [4.69, 9.17) is 0 Å². The van der Waals surface area contributed by atoms with Crippen LogP contribution in [0.2, 0.25) is 0 Å². The maximum Gasteiger partial charge on any atom is 0.762 e. The van der Waals surface area contributed by atoms with Gasteiger partial charge in [0.05, 0.1) is 0 Å². The molecule has 0 saturated carbocycles. The fourth-order valence-corrected chi connectivity index (χ4v) is 0. The summed E-state index contributed by atoms with van der Waals surface area (Å²) >= 11 is 0. The van der Waals surface area contributed by atoms with E-state index in [1.54, 1.807) is 0 Å². The molecular formula is BF3Zr. The number of halogens is 3. The monoisotopic (exact) mass is 158 g/mol. The zero-order chi connectivity index (χ0) is 3.58. The number of hydrogen-bond donors (Lipinski definition) is 0. The predicted molar refractivity (Wildman–Crippen MR) is 9.08 cm³/mol. The number of rotatable bonds is 0. The molecule has 0 aromatic heterocycles. The van der Waals surface area contributed by atoms with Gasteiger partial charge in [-0.3, -0.25) is 12.9 Å².